The number of methoxy groups -OCH3 is 1. The molecule has 1 aromatic carbocycles. The van der Waals surface area contributed by atoms with E-state index in [9.17, 15) is 4.79 Å². The topological polar surface area (TPSA) is 32.8 Å². The molecule has 1 fully saturated rings. The van der Waals surface area contributed by atoms with Crippen molar-refractivity contribution in [2.75, 3.05) is 44.1 Å². The summed E-state index contributed by atoms with van der Waals surface area (Å²) >= 11 is 7.92. The number of halogens is 2. The SMILES string of the molecule is COc1cc(N2CCN(C(=O)CCl)CC2)ccc1CI. The molecule has 1 heterocycles. The first kappa shape index (κ1) is 15.7. The fourth-order valence-corrected chi connectivity index (χ4v) is 3.14. The lowest BCUT2D eigenvalue weighted by molar-refractivity contribution is -0.128. The van der Waals surface area contributed by atoms with E-state index in [1.165, 1.54) is 5.56 Å². The summed E-state index contributed by atoms with van der Waals surface area (Å²) in [5.41, 5.74) is 2.35. The first-order valence-electron chi connectivity index (χ1n) is 6.51. The molecule has 1 amide bonds. The van der Waals surface area contributed by atoms with Crippen molar-refractivity contribution in [3.05, 3.63) is 23.8 Å². The van der Waals surface area contributed by atoms with Crippen molar-refractivity contribution in [2.45, 2.75) is 4.43 Å². The van der Waals surface area contributed by atoms with Gasteiger partial charge in [-0.3, -0.25) is 4.79 Å². The van der Waals surface area contributed by atoms with Gasteiger partial charge < -0.3 is 14.5 Å². The predicted molar refractivity (Wildman–Crippen MR) is 90.2 cm³/mol. The Labute approximate surface area is 138 Å². The average molecular weight is 409 g/mol. The molecule has 4 nitrogen and oxygen atoms in total. The van der Waals surface area contributed by atoms with Crippen LogP contribution in [0.25, 0.3) is 0 Å². The minimum absolute atomic E-state index is 0.0177. The maximum absolute atomic E-state index is 11.5. The molecule has 20 heavy (non-hydrogen) atoms. The highest BCUT2D eigenvalue weighted by atomic mass is 127. The van der Waals surface area contributed by atoms with Crippen LogP contribution in [-0.4, -0.2) is 50.0 Å². The standard InChI is InChI=1S/C14H18ClIN2O2/c1-20-13-8-12(3-2-11(13)10-16)17-4-6-18(7-5-17)14(19)9-15/h2-3,8H,4-7,9-10H2,1H3. The summed E-state index contributed by atoms with van der Waals surface area (Å²) in [6.45, 7) is 3.11. The number of carbonyl (C=O) groups excluding carboxylic acids is 1. The molecule has 1 aliphatic heterocycles. The second-order valence-electron chi connectivity index (χ2n) is 4.63. The van der Waals surface area contributed by atoms with E-state index in [1.54, 1.807) is 7.11 Å². The number of benzene rings is 1. The third-order valence-corrected chi connectivity index (χ3v) is 4.58. The molecule has 0 unspecified atom stereocenters. The predicted octanol–water partition coefficient (Wildman–Crippen LogP) is 2.52. The van der Waals surface area contributed by atoms with Crippen molar-refractivity contribution in [3.8, 4) is 5.75 Å². The fraction of sp³-hybridized carbons (Fsp3) is 0.500. The van der Waals surface area contributed by atoms with Crippen molar-refractivity contribution in [1.29, 1.82) is 0 Å². The summed E-state index contributed by atoms with van der Waals surface area (Å²) in [6, 6.07) is 6.31. The van der Waals surface area contributed by atoms with Crippen molar-refractivity contribution < 1.29 is 9.53 Å². The van der Waals surface area contributed by atoms with Crippen LogP contribution >= 0.6 is 34.2 Å². The lowest BCUT2D eigenvalue weighted by atomic mass is 10.1. The van der Waals surface area contributed by atoms with Crippen LogP contribution in [0.4, 0.5) is 5.69 Å². The summed E-state index contributed by atoms with van der Waals surface area (Å²) in [7, 11) is 1.70. The summed E-state index contributed by atoms with van der Waals surface area (Å²) in [4.78, 5) is 15.6. The fourth-order valence-electron chi connectivity index (χ4n) is 2.34. The molecule has 0 aliphatic carbocycles. The first-order valence-corrected chi connectivity index (χ1v) is 8.57. The van der Waals surface area contributed by atoms with E-state index in [1.807, 2.05) is 4.90 Å². The quantitative estimate of drug-likeness (QED) is 0.567. The zero-order chi connectivity index (χ0) is 14.5. The van der Waals surface area contributed by atoms with Gasteiger partial charge in [0.2, 0.25) is 5.91 Å². The Morgan fingerprint density at radius 3 is 2.60 bits per heavy atom. The maximum atomic E-state index is 11.5. The largest absolute Gasteiger partial charge is 0.496 e. The van der Waals surface area contributed by atoms with E-state index in [4.69, 9.17) is 16.3 Å². The molecule has 0 atom stereocenters. The number of alkyl halides is 2. The molecule has 6 heteroatoms. The molecule has 2 rings (SSSR count). The van der Waals surface area contributed by atoms with Crippen LogP contribution in [0.1, 0.15) is 5.56 Å². The summed E-state index contributed by atoms with van der Waals surface area (Å²) < 4.78 is 6.36. The number of ether oxygens (including phenoxy) is 1. The van der Waals surface area contributed by atoms with E-state index in [-0.39, 0.29) is 11.8 Å². The van der Waals surface area contributed by atoms with Gasteiger partial charge in [-0.05, 0) is 6.07 Å². The molecule has 0 saturated carbocycles. The minimum Gasteiger partial charge on any atom is -0.496 e. The normalized spacial score (nSPS) is 15.3. The van der Waals surface area contributed by atoms with Gasteiger partial charge in [-0.25, -0.2) is 0 Å². The maximum Gasteiger partial charge on any atom is 0.237 e. The van der Waals surface area contributed by atoms with Crippen LogP contribution in [0, 0.1) is 0 Å². The molecule has 1 saturated heterocycles. The Morgan fingerprint density at radius 1 is 1.35 bits per heavy atom. The van der Waals surface area contributed by atoms with E-state index >= 15 is 0 Å². The van der Waals surface area contributed by atoms with E-state index < -0.39 is 0 Å². The number of hydrogen-bond acceptors (Lipinski definition) is 3. The number of amides is 1. The van der Waals surface area contributed by atoms with Crippen LogP contribution in [0.3, 0.4) is 0 Å². The van der Waals surface area contributed by atoms with Crippen LogP contribution < -0.4 is 9.64 Å². The average Bonchev–Trinajstić information content (AvgIpc) is 2.53. The van der Waals surface area contributed by atoms with Gasteiger partial charge in [-0.1, -0.05) is 28.7 Å². The summed E-state index contributed by atoms with van der Waals surface area (Å²) in [6.07, 6.45) is 0. The Balaban J connectivity index is 2.05. The Bertz CT molecular complexity index is 476. The molecule has 0 spiro atoms. The van der Waals surface area contributed by atoms with Gasteiger partial charge in [0.15, 0.2) is 0 Å². The summed E-state index contributed by atoms with van der Waals surface area (Å²) in [5.74, 6) is 1.01. The molecule has 1 aromatic rings. The van der Waals surface area contributed by atoms with E-state index in [2.05, 4.69) is 45.7 Å². The number of piperazine rings is 1. The number of hydrogen-bond donors (Lipinski definition) is 0. The highest BCUT2D eigenvalue weighted by Crippen LogP contribution is 2.28. The molecular formula is C14H18ClIN2O2. The van der Waals surface area contributed by atoms with Crippen molar-refractivity contribution in [2.24, 2.45) is 0 Å². The van der Waals surface area contributed by atoms with Crippen LogP contribution in [0.15, 0.2) is 18.2 Å². The van der Waals surface area contributed by atoms with Gasteiger partial charge in [0.25, 0.3) is 0 Å². The number of nitrogens with zero attached hydrogens (tertiary/aromatic N) is 2. The molecule has 110 valence electrons. The van der Waals surface area contributed by atoms with Crippen molar-refractivity contribution in [3.63, 3.8) is 0 Å². The third kappa shape index (κ3) is 3.49. The van der Waals surface area contributed by atoms with Gasteiger partial charge >= 0.3 is 0 Å². The molecule has 0 bridgehead atoms. The van der Waals surface area contributed by atoms with Crippen LogP contribution in [-0.2, 0) is 9.22 Å². The zero-order valence-electron chi connectivity index (χ0n) is 11.4. The van der Waals surface area contributed by atoms with Gasteiger partial charge in [-0.2, -0.15) is 0 Å². The second-order valence-corrected chi connectivity index (χ2v) is 5.66. The van der Waals surface area contributed by atoms with Gasteiger partial charge in [0.1, 0.15) is 11.6 Å². The van der Waals surface area contributed by atoms with Crippen molar-refractivity contribution in [1.82, 2.24) is 4.90 Å². The lowest BCUT2D eigenvalue weighted by Crippen LogP contribution is -2.49. The molecule has 0 radical (unpaired) electrons. The first-order chi connectivity index (χ1) is 9.69. The van der Waals surface area contributed by atoms with Crippen LogP contribution in [0.2, 0.25) is 0 Å². The van der Waals surface area contributed by atoms with E-state index in [0.717, 1.165) is 42.0 Å². The zero-order valence-corrected chi connectivity index (χ0v) is 14.4. The second kappa shape index (κ2) is 7.36. The number of carbonyl (C=O) groups is 1. The molecule has 0 N–H and O–H groups in total. The summed E-state index contributed by atoms with van der Waals surface area (Å²) in [5, 5.41) is 0. The Kier molecular flexibility index (Phi) is 5.77. The Morgan fingerprint density at radius 2 is 2.05 bits per heavy atom. The van der Waals surface area contributed by atoms with Crippen molar-refractivity contribution >= 4 is 45.8 Å². The smallest absolute Gasteiger partial charge is 0.237 e. The minimum atomic E-state index is 0.0177. The third-order valence-electron chi connectivity index (χ3n) is 3.53. The molecule has 1 aliphatic rings. The highest BCUT2D eigenvalue weighted by Gasteiger charge is 2.21. The molecular weight excluding hydrogens is 391 g/mol. The Hall–Kier alpha value is -0.690. The highest BCUT2D eigenvalue weighted by molar-refractivity contribution is 14.1. The van der Waals surface area contributed by atoms with Gasteiger partial charge in [-0.15, -0.1) is 11.6 Å². The van der Waals surface area contributed by atoms with Gasteiger partial charge in [0.05, 0.1) is 7.11 Å². The molecule has 0 aromatic heterocycles. The van der Waals surface area contributed by atoms with E-state index in [0.29, 0.717) is 0 Å². The number of rotatable bonds is 4. The number of anilines is 1. The monoisotopic (exact) mass is 408 g/mol. The lowest BCUT2D eigenvalue weighted by Gasteiger charge is -2.36. The van der Waals surface area contributed by atoms with Crippen LogP contribution in [0.5, 0.6) is 5.75 Å². The van der Waals surface area contributed by atoms with Gasteiger partial charge in [0, 0.05) is 47.9 Å².